The summed E-state index contributed by atoms with van der Waals surface area (Å²) in [7, 11) is 0. The molecule has 2 aliphatic rings. The topological polar surface area (TPSA) is 58.5 Å². The molecule has 4 rings (SSSR count). The van der Waals surface area contributed by atoms with Crippen LogP contribution in [0.1, 0.15) is 37.7 Å². The van der Waals surface area contributed by atoms with E-state index in [9.17, 15) is 4.79 Å². The summed E-state index contributed by atoms with van der Waals surface area (Å²) in [4.78, 5) is 28.7. The molecule has 2 fully saturated rings. The Morgan fingerprint density at radius 1 is 1.08 bits per heavy atom. The third-order valence-electron chi connectivity index (χ3n) is 4.63. The first-order valence-corrected chi connectivity index (χ1v) is 9.75. The van der Waals surface area contributed by atoms with Crippen LogP contribution in [-0.4, -0.2) is 32.0 Å². The van der Waals surface area contributed by atoms with Gasteiger partial charge in [-0.2, -0.15) is 0 Å². The molecular weight excluding hydrogens is 344 g/mol. The number of hydrogen-bond donors (Lipinski definition) is 0. The van der Waals surface area contributed by atoms with Crippen molar-refractivity contribution >= 4 is 34.6 Å². The second-order valence-corrected chi connectivity index (χ2v) is 7.48. The van der Waals surface area contributed by atoms with Crippen LogP contribution in [0.15, 0.2) is 59.0 Å². The van der Waals surface area contributed by atoms with Gasteiger partial charge in [-0.3, -0.25) is 19.7 Å². The van der Waals surface area contributed by atoms with E-state index < -0.39 is 0 Å². The smallest absolute Gasteiger partial charge is 0.267 e. The van der Waals surface area contributed by atoms with Crippen LogP contribution >= 0.6 is 11.8 Å². The van der Waals surface area contributed by atoms with Crippen LogP contribution in [0, 0.1) is 0 Å². The normalized spacial score (nSPS) is 21.7. The second-order valence-electron chi connectivity index (χ2n) is 6.47. The molecule has 5 nitrogen and oxygen atoms in total. The third-order valence-corrected chi connectivity index (χ3v) is 5.61. The molecule has 0 bridgehead atoms. The highest BCUT2D eigenvalue weighted by atomic mass is 32.2. The number of thioether (sulfide) groups is 1. The minimum absolute atomic E-state index is 0.0494. The minimum Gasteiger partial charge on any atom is -0.283 e. The van der Waals surface area contributed by atoms with Crippen molar-refractivity contribution in [1.29, 1.82) is 0 Å². The van der Waals surface area contributed by atoms with Crippen LogP contribution in [0.2, 0.25) is 0 Å². The van der Waals surface area contributed by atoms with E-state index in [1.54, 1.807) is 24.8 Å². The van der Waals surface area contributed by atoms with Crippen LogP contribution in [0.4, 0.5) is 5.69 Å². The van der Waals surface area contributed by atoms with Crippen molar-refractivity contribution in [3.63, 3.8) is 0 Å². The summed E-state index contributed by atoms with van der Waals surface area (Å²) in [5.74, 6) is 0.0494. The van der Waals surface area contributed by atoms with Crippen LogP contribution in [-0.2, 0) is 4.79 Å². The van der Waals surface area contributed by atoms with E-state index in [-0.39, 0.29) is 11.9 Å². The molecule has 1 aliphatic carbocycles. The van der Waals surface area contributed by atoms with E-state index in [1.807, 2.05) is 35.2 Å². The molecule has 0 unspecified atom stereocenters. The Labute approximate surface area is 157 Å². The Bertz CT molecular complexity index is 829. The fourth-order valence-corrected chi connectivity index (χ4v) is 4.43. The SMILES string of the molecule is O=C1/C(=C/c2cccnc2)SC(=Nc2cccnc2)N1C1CCCCC1. The van der Waals surface area contributed by atoms with Crippen molar-refractivity contribution in [3.05, 3.63) is 59.5 Å². The molecule has 6 heteroatoms. The molecule has 3 heterocycles. The zero-order valence-corrected chi connectivity index (χ0v) is 15.2. The van der Waals surface area contributed by atoms with E-state index in [0.29, 0.717) is 4.91 Å². The Hall–Kier alpha value is -2.47. The van der Waals surface area contributed by atoms with Crippen molar-refractivity contribution < 1.29 is 4.79 Å². The van der Waals surface area contributed by atoms with Gasteiger partial charge < -0.3 is 0 Å². The summed E-state index contributed by atoms with van der Waals surface area (Å²) >= 11 is 1.44. The van der Waals surface area contributed by atoms with Gasteiger partial charge in [0, 0.05) is 24.6 Å². The highest BCUT2D eigenvalue weighted by Gasteiger charge is 2.38. The minimum atomic E-state index is 0.0494. The molecule has 0 atom stereocenters. The Morgan fingerprint density at radius 2 is 1.85 bits per heavy atom. The Morgan fingerprint density at radius 3 is 2.54 bits per heavy atom. The van der Waals surface area contributed by atoms with Gasteiger partial charge in [0.1, 0.15) is 0 Å². The average molecular weight is 364 g/mol. The van der Waals surface area contributed by atoms with Gasteiger partial charge in [-0.15, -0.1) is 0 Å². The molecule has 132 valence electrons. The number of amidine groups is 1. The maximum Gasteiger partial charge on any atom is 0.267 e. The van der Waals surface area contributed by atoms with Crippen LogP contribution < -0.4 is 0 Å². The zero-order chi connectivity index (χ0) is 17.8. The van der Waals surface area contributed by atoms with E-state index >= 15 is 0 Å². The standard InChI is InChI=1S/C20H20N4OS/c25-19-18(12-15-6-4-10-21-13-15)26-20(23-16-7-5-11-22-14-16)24(19)17-8-2-1-3-9-17/h4-7,10-14,17H,1-3,8-9H2/b18-12-,23-20?. The summed E-state index contributed by atoms with van der Waals surface area (Å²) in [6, 6.07) is 7.83. The van der Waals surface area contributed by atoms with Gasteiger partial charge >= 0.3 is 0 Å². The number of pyridine rings is 2. The summed E-state index contributed by atoms with van der Waals surface area (Å²) in [6.45, 7) is 0. The van der Waals surface area contributed by atoms with Gasteiger partial charge in [-0.25, -0.2) is 4.99 Å². The first kappa shape index (κ1) is 17.0. The molecule has 1 amide bonds. The lowest BCUT2D eigenvalue weighted by atomic mass is 9.94. The van der Waals surface area contributed by atoms with Crippen LogP contribution in [0.5, 0.6) is 0 Å². The predicted molar refractivity (Wildman–Crippen MR) is 105 cm³/mol. The maximum atomic E-state index is 13.1. The highest BCUT2D eigenvalue weighted by molar-refractivity contribution is 8.18. The number of nitrogens with zero attached hydrogens (tertiary/aromatic N) is 4. The average Bonchev–Trinajstić information content (AvgIpc) is 2.99. The molecule has 1 saturated heterocycles. The number of carbonyl (C=O) groups excluding carboxylic acids is 1. The van der Waals surface area contributed by atoms with Crippen molar-refractivity contribution in [3.8, 4) is 0 Å². The lowest BCUT2D eigenvalue weighted by molar-refractivity contribution is -0.124. The molecular formula is C20H20N4OS. The second kappa shape index (κ2) is 7.83. The third kappa shape index (κ3) is 3.70. The van der Waals surface area contributed by atoms with Crippen molar-refractivity contribution in [2.75, 3.05) is 0 Å². The summed E-state index contributed by atoms with van der Waals surface area (Å²) in [5.41, 5.74) is 1.70. The van der Waals surface area contributed by atoms with Crippen molar-refractivity contribution in [1.82, 2.24) is 14.9 Å². The Balaban J connectivity index is 1.69. The monoisotopic (exact) mass is 364 g/mol. The van der Waals surface area contributed by atoms with Crippen LogP contribution in [0.3, 0.4) is 0 Å². The van der Waals surface area contributed by atoms with Gasteiger partial charge in [-0.1, -0.05) is 25.3 Å². The molecule has 1 saturated carbocycles. The van der Waals surface area contributed by atoms with E-state index in [0.717, 1.165) is 29.3 Å². The molecule has 2 aromatic rings. The fraction of sp³-hybridized carbons (Fsp3) is 0.300. The number of aliphatic imine (C=N–C) groups is 1. The molecule has 2 aromatic heterocycles. The highest BCUT2D eigenvalue weighted by Crippen LogP contribution is 2.38. The van der Waals surface area contributed by atoms with Gasteiger partial charge in [0.15, 0.2) is 5.17 Å². The first-order chi connectivity index (χ1) is 12.8. The lowest BCUT2D eigenvalue weighted by Crippen LogP contribution is -2.40. The fourth-order valence-electron chi connectivity index (χ4n) is 3.37. The van der Waals surface area contributed by atoms with Crippen molar-refractivity contribution in [2.45, 2.75) is 38.1 Å². The van der Waals surface area contributed by atoms with E-state index in [1.165, 1.54) is 31.0 Å². The molecule has 0 radical (unpaired) electrons. The quantitative estimate of drug-likeness (QED) is 0.757. The maximum absolute atomic E-state index is 13.1. The molecule has 0 aromatic carbocycles. The summed E-state index contributed by atoms with van der Waals surface area (Å²) < 4.78 is 0. The number of carbonyl (C=O) groups is 1. The molecule has 0 spiro atoms. The van der Waals surface area contributed by atoms with Gasteiger partial charge in [0.05, 0.1) is 16.8 Å². The molecule has 1 aliphatic heterocycles. The van der Waals surface area contributed by atoms with Gasteiger partial charge in [-0.05, 0) is 54.4 Å². The number of amides is 1. The number of aromatic nitrogens is 2. The van der Waals surface area contributed by atoms with Gasteiger partial charge in [0.2, 0.25) is 0 Å². The number of rotatable bonds is 3. The lowest BCUT2D eigenvalue weighted by Gasteiger charge is -2.30. The first-order valence-electron chi connectivity index (χ1n) is 8.93. The van der Waals surface area contributed by atoms with E-state index in [2.05, 4.69) is 9.97 Å². The Kier molecular flexibility index (Phi) is 5.11. The predicted octanol–water partition coefficient (Wildman–Crippen LogP) is 4.41. The van der Waals surface area contributed by atoms with Crippen molar-refractivity contribution in [2.24, 2.45) is 4.99 Å². The summed E-state index contributed by atoms with van der Waals surface area (Å²) in [6.07, 6.45) is 14.5. The van der Waals surface area contributed by atoms with E-state index in [4.69, 9.17) is 4.99 Å². The molecule has 26 heavy (non-hydrogen) atoms. The number of hydrogen-bond acceptors (Lipinski definition) is 5. The zero-order valence-electron chi connectivity index (χ0n) is 14.4. The summed E-state index contributed by atoms with van der Waals surface area (Å²) in [5, 5.41) is 0.755. The van der Waals surface area contributed by atoms with Crippen LogP contribution in [0.25, 0.3) is 6.08 Å². The molecule has 0 N–H and O–H groups in total. The largest absolute Gasteiger partial charge is 0.283 e. The van der Waals surface area contributed by atoms with Gasteiger partial charge in [0.25, 0.3) is 5.91 Å².